The Hall–Kier alpha value is -2.82. The standard InChI is InChI=1S/C20H24N2O3/c1-15(17-8-5-4-6-9-17)22(16(2)23)13-12-20(24)21-18-10-7-11-19(14-18)25-3/h4-11,14-15H,12-13H2,1-3H3,(H,21,24). The number of carbonyl (C=O) groups excluding carboxylic acids is 2. The van der Waals surface area contributed by atoms with Crippen LogP contribution in [0.2, 0.25) is 0 Å². The van der Waals surface area contributed by atoms with E-state index in [1.807, 2.05) is 49.4 Å². The van der Waals surface area contributed by atoms with E-state index in [1.165, 1.54) is 6.92 Å². The van der Waals surface area contributed by atoms with Crippen molar-refractivity contribution in [3.8, 4) is 5.75 Å². The summed E-state index contributed by atoms with van der Waals surface area (Å²) < 4.78 is 5.14. The molecule has 0 bridgehead atoms. The van der Waals surface area contributed by atoms with Crippen LogP contribution in [0.15, 0.2) is 54.6 Å². The second-order valence-electron chi connectivity index (χ2n) is 5.83. The van der Waals surface area contributed by atoms with Gasteiger partial charge in [-0.25, -0.2) is 0 Å². The number of nitrogens with zero attached hydrogens (tertiary/aromatic N) is 1. The third-order valence-electron chi connectivity index (χ3n) is 4.09. The van der Waals surface area contributed by atoms with Gasteiger partial charge in [0, 0.05) is 31.6 Å². The lowest BCUT2D eigenvalue weighted by Gasteiger charge is -2.28. The normalized spacial score (nSPS) is 11.5. The van der Waals surface area contributed by atoms with Crippen LogP contribution in [-0.4, -0.2) is 30.4 Å². The number of ether oxygens (including phenoxy) is 1. The number of hydrogen-bond acceptors (Lipinski definition) is 3. The molecule has 2 aromatic carbocycles. The maximum absolute atomic E-state index is 12.2. The lowest BCUT2D eigenvalue weighted by atomic mass is 10.1. The SMILES string of the molecule is COc1cccc(NC(=O)CCN(C(C)=O)C(C)c2ccccc2)c1. The number of rotatable bonds is 7. The van der Waals surface area contributed by atoms with Gasteiger partial charge in [0.2, 0.25) is 11.8 Å². The average molecular weight is 340 g/mol. The third-order valence-corrected chi connectivity index (χ3v) is 4.09. The van der Waals surface area contributed by atoms with E-state index in [2.05, 4.69) is 5.32 Å². The topological polar surface area (TPSA) is 58.6 Å². The molecular formula is C20H24N2O3. The highest BCUT2D eigenvalue weighted by molar-refractivity contribution is 5.91. The summed E-state index contributed by atoms with van der Waals surface area (Å²) in [6.07, 6.45) is 0.230. The Morgan fingerprint density at radius 2 is 1.84 bits per heavy atom. The van der Waals surface area contributed by atoms with Crippen molar-refractivity contribution in [2.75, 3.05) is 19.0 Å². The molecule has 1 atom stereocenters. The molecule has 2 amide bonds. The maximum Gasteiger partial charge on any atom is 0.226 e. The zero-order chi connectivity index (χ0) is 18.2. The van der Waals surface area contributed by atoms with Crippen molar-refractivity contribution < 1.29 is 14.3 Å². The summed E-state index contributed by atoms with van der Waals surface area (Å²) in [5.74, 6) is 0.492. The van der Waals surface area contributed by atoms with Crippen molar-refractivity contribution in [2.45, 2.75) is 26.3 Å². The average Bonchev–Trinajstić information content (AvgIpc) is 2.62. The van der Waals surface area contributed by atoms with E-state index in [1.54, 1.807) is 24.1 Å². The summed E-state index contributed by atoms with van der Waals surface area (Å²) in [4.78, 5) is 25.9. The van der Waals surface area contributed by atoms with Crippen LogP contribution < -0.4 is 10.1 Å². The first-order chi connectivity index (χ1) is 12.0. The summed E-state index contributed by atoms with van der Waals surface area (Å²) in [6, 6.07) is 16.9. The molecule has 1 N–H and O–H groups in total. The van der Waals surface area contributed by atoms with Gasteiger partial charge in [0.05, 0.1) is 13.2 Å². The van der Waals surface area contributed by atoms with E-state index in [9.17, 15) is 9.59 Å². The Balaban J connectivity index is 1.96. The molecule has 0 fully saturated rings. The number of benzene rings is 2. The molecule has 0 aliphatic rings. The molecule has 5 nitrogen and oxygen atoms in total. The van der Waals surface area contributed by atoms with Gasteiger partial charge in [0.1, 0.15) is 5.75 Å². The molecule has 0 aliphatic carbocycles. The zero-order valence-corrected chi connectivity index (χ0v) is 14.9. The van der Waals surface area contributed by atoms with Gasteiger partial charge in [-0.2, -0.15) is 0 Å². The van der Waals surface area contributed by atoms with E-state index in [0.29, 0.717) is 18.0 Å². The second kappa shape index (κ2) is 8.87. The van der Waals surface area contributed by atoms with Crippen LogP contribution in [0.3, 0.4) is 0 Å². The van der Waals surface area contributed by atoms with Gasteiger partial charge in [0.25, 0.3) is 0 Å². The lowest BCUT2D eigenvalue weighted by Crippen LogP contribution is -2.34. The molecule has 25 heavy (non-hydrogen) atoms. The number of methoxy groups -OCH3 is 1. The highest BCUT2D eigenvalue weighted by Gasteiger charge is 2.19. The molecule has 0 radical (unpaired) electrons. The molecule has 0 saturated heterocycles. The molecule has 0 heterocycles. The van der Waals surface area contributed by atoms with Crippen LogP contribution in [0.5, 0.6) is 5.75 Å². The summed E-state index contributed by atoms with van der Waals surface area (Å²) in [5, 5.41) is 2.83. The zero-order valence-electron chi connectivity index (χ0n) is 14.9. The molecule has 2 aromatic rings. The van der Waals surface area contributed by atoms with Crippen molar-refractivity contribution in [1.29, 1.82) is 0 Å². The van der Waals surface area contributed by atoms with Gasteiger partial charge in [-0.3, -0.25) is 9.59 Å². The van der Waals surface area contributed by atoms with Gasteiger partial charge in [-0.1, -0.05) is 36.4 Å². The minimum atomic E-state index is -0.139. The number of amides is 2. The quantitative estimate of drug-likeness (QED) is 0.837. The van der Waals surface area contributed by atoms with Gasteiger partial charge in [0.15, 0.2) is 0 Å². The summed E-state index contributed by atoms with van der Waals surface area (Å²) in [6.45, 7) is 3.86. The third kappa shape index (κ3) is 5.35. The van der Waals surface area contributed by atoms with Crippen LogP contribution in [0.4, 0.5) is 5.69 Å². The second-order valence-corrected chi connectivity index (χ2v) is 5.83. The fourth-order valence-corrected chi connectivity index (χ4v) is 2.68. The van der Waals surface area contributed by atoms with Crippen LogP contribution in [-0.2, 0) is 9.59 Å². The molecule has 2 rings (SSSR count). The van der Waals surface area contributed by atoms with Crippen LogP contribution in [0.25, 0.3) is 0 Å². The smallest absolute Gasteiger partial charge is 0.226 e. The fraction of sp³-hybridized carbons (Fsp3) is 0.300. The Labute approximate surface area is 148 Å². The van der Waals surface area contributed by atoms with Gasteiger partial charge >= 0.3 is 0 Å². The fourth-order valence-electron chi connectivity index (χ4n) is 2.68. The molecule has 0 spiro atoms. The van der Waals surface area contributed by atoms with Crippen molar-refractivity contribution in [2.24, 2.45) is 0 Å². The molecule has 5 heteroatoms. The van der Waals surface area contributed by atoms with Gasteiger partial charge < -0.3 is 15.0 Å². The predicted molar refractivity (Wildman–Crippen MR) is 98.5 cm³/mol. The predicted octanol–water partition coefficient (Wildman–Crippen LogP) is 3.63. The van der Waals surface area contributed by atoms with E-state index < -0.39 is 0 Å². The van der Waals surface area contributed by atoms with Gasteiger partial charge in [-0.15, -0.1) is 0 Å². The highest BCUT2D eigenvalue weighted by Crippen LogP contribution is 2.21. The van der Waals surface area contributed by atoms with Crippen molar-refractivity contribution in [3.63, 3.8) is 0 Å². The summed E-state index contributed by atoms with van der Waals surface area (Å²) >= 11 is 0. The van der Waals surface area contributed by atoms with Crippen molar-refractivity contribution in [1.82, 2.24) is 4.90 Å². The molecule has 0 aromatic heterocycles. The first-order valence-electron chi connectivity index (χ1n) is 8.27. The van der Waals surface area contributed by atoms with E-state index in [-0.39, 0.29) is 24.3 Å². The first-order valence-corrected chi connectivity index (χ1v) is 8.27. The van der Waals surface area contributed by atoms with E-state index in [0.717, 1.165) is 5.56 Å². The van der Waals surface area contributed by atoms with Gasteiger partial charge in [-0.05, 0) is 24.6 Å². The first kappa shape index (κ1) is 18.5. The van der Waals surface area contributed by atoms with Crippen LogP contribution >= 0.6 is 0 Å². The molecule has 1 unspecified atom stereocenters. The Morgan fingerprint density at radius 3 is 2.48 bits per heavy atom. The Morgan fingerprint density at radius 1 is 1.12 bits per heavy atom. The molecule has 0 saturated carbocycles. The Bertz CT molecular complexity index is 716. The minimum absolute atomic E-state index is 0.0504. The van der Waals surface area contributed by atoms with Crippen molar-refractivity contribution >= 4 is 17.5 Å². The van der Waals surface area contributed by atoms with E-state index >= 15 is 0 Å². The summed E-state index contributed by atoms with van der Waals surface area (Å²) in [5.41, 5.74) is 1.72. The number of nitrogens with one attached hydrogen (secondary N) is 1. The monoisotopic (exact) mass is 340 g/mol. The largest absolute Gasteiger partial charge is 0.497 e. The number of hydrogen-bond donors (Lipinski definition) is 1. The van der Waals surface area contributed by atoms with Crippen LogP contribution in [0.1, 0.15) is 31.9 Å². The highest BCUT2D eigenvalue weighted by atomic mass is 16.5. The number of anilines is 1. The molecule has 132 valence electrons. The maximum atomic E-state index is 12.2. The summed E-state index contributed by atoms with van der Waals surface area (Å²) in [7, 11) is 1.58. The molecular weight excluding hydrogens is 316 g/mol. The Kier molecular flexibility index (Phi) is 6.57. The van der Waals surface area contributed by atoms with Crippen LogP contribution in [0, 0.1) is 0 Å². The van der Waals surface area contributed by atoms with E-state index in [4.69, 9.17) is 4.74 Å². The molecule has 0 aliphatic heterocycles. The lowest BCUT2D eigenvalue weighted by molar-refractivity contribution is -0.131. The number of carbonyl (C=O) groups is 2. The van der Waals surface area contributed by atoms with Crippen molar-refractivity contribution in [3.05, 3.63) is 60.2 Å². The minimum Gasteiger partial charge on any atom is -0.497 e.